The van der Waals surface area contributed by atoms with E-state index in [4.69, 9.17) is 0 Å². The zero-order chi connectivity index (χ0) is 4.85. The third-order valence-electron chi connectivity index (χ3n) is 1.98. The van der Waals surface area contributed by atoms with Gasteiger partial charge in [-0.2, -0.15) is 0 Å². The summed E-state index contributed by atoms with van der Waals surface area (Å²) in [5, 5.41) is 0. The second-order valence-electron chi connectivity index (χ2n) is 2.35. The van der Waals surface area contributed by atoms with Crippen molar-refractivity contribution < 1.29 is 0 Å². The van der Waals surface area contributed by atoms with Gasteiger partial charge in [-0.1, -0.05) is 24.6 Å². The Balaban J connectivity index is 2.50. The highest BCUT2D eigenvalue weighted by Gasteiger charge is 2.25. The molecule has 0 saturated heterocycles. The summed E-state index contributed by atoms with van der Waals surface area (Å²) in [5.41, 5.74) is 3.20. The van der Waals surface area contributed by atoms with Crippen molar-refractivity contribution in [3.8, 4) is 0 Å². The normalized spacial score (nSPS) is 34.1. The van der Waals surface area contributed by atoms with E-state index >= 15 is 0 Å². The minimum Gasteiger partial charge on any atom is -0.0766 e. The van der Waals surface area contributed by atoms with Crippen LogP contribution < -0.4 is 0 Å². The maximum atomic E-state index is 2.32. The number of allylic oxidation sites excluding steroid dienone is 4. The largest absolute Gasteiger partial charge is 0.0766 e. The average Bonchev–Trinajstić information content (AvgIpc) is 2.18. The highest BCUT2D eigenvalue weighted by molar-refractivity contribution is 5.49. The van der Waals surface area contributed by atoms with Crippen LogP contribution in [0.15, 0.2) is 23.3 Å². The Hall–Kier alpha value is -0.520. The number of hydrogen-bond donors (Lipinski definition) is 0. The standard InChI is InChI=1S/C7H8/c1-5-6-2-3-7(5)4-6/h2,4-5H,3H2,1H3. The maximum absolute atomic E-state index is 2.32. The fraction of sp³-hybridized carbons (Fsp3) is 0.429. The van der Waals surface area contributed by atoms with Crippen molar-refractivity contribution >= 4 is 0 Å². The minimum absolute atomic E-state index is 0.833. The van der Waals surface area contributed by atoms with Gasteiger partial charge in [0, 0.05) is 5.92 Å². The van der Waals surface area contributed by atoms with Gasteiger partial charge in [0.15, 0.2) is 0 Å². The van der Waals surface area contributed by atoms with E-state index in [1.807, 2.05) is 0 Å². The van der Waals surface area contributed by atoms with Crippen molar-refractivity contribution in [1.29, 1.82) is 0 Å². The van der Waals surface area contributed by atoms with Crippen molar-refractivity contribution in [2.45, 2.75) is 13.3 Å². The monoisotopic (exact) mass is 92.1 g/mol. The lowest BCUT2D eigenvalue weighted by molar-refractivity contribution is 0.789. The number of rotatable bonds is 0. The molecule has 3 aliphatic carbocycles. The fourth-order valence-corrected chi connectivity index (χ4v) is 1.29. The molecule has 1 unspecified atom stereocenters. The van der Waals surface area contributed by atoms with Crippen molar-refractivity contribution in [2.75, 3.05) is 0 Å². The molecule has 2 bridgehead atoms. The van der Waals surface area contributed by atoms with Crippen LogP contribution in [0, 0.1) is 5.92 Å². The van der Waals surface area contributed by atoms with E-state index in [0.717, 1.165) is 5.92 Å². The summed E-state index contributed by atoms with van der Waals surface area (Å²) in [6.45, 7) is 2.27. The first-order valence-corrected chi connectivity index (χ1v) is 2.78. The average molecular weight is 92.1 g/mol. The van der Waals surface area contributed by atoms with Crippen LogP contribution >= 0.6 is 0 Å². The van der Waals surface area contributed by atoms with Crippen molar-refractivity contribution in [2.24, 2.45) is 5.92 Å². The van der Waals surface area contributed by atoms with Crippen LogP contribution in [0.4, 0.5) is 0 Å². The predicted molar refractivity (Wildman–Crippen MR) is 29.9 cm³/mol. The zero-order valence-corrected chi connectivity index (χ0v) is 4.44. The summed E-state index contributed by atoms with van der Waals surface area (Å²) in [7, 11) is 0. The Morgan fingerprint density at radius 3 is 2.71 bits per heavy atom. The molecule has 0 N–H and O–H groups in total. The van der Waals surface area contributed by atoms with Crippen LogP contribution in [0.5, 0.6) is 0 Å². The molecule has 0 nitrogen and oxygen atoms in total. The van der Waals surface area contributed by atoms with Gasteiger partial charge < -0.3 is 0 Å². The van der Waals surface area contributed by atoms with Crippen molar-refractivity contribution in [3.05, 3.63) is 23.3 Å². The third kappa shape index (κ3) is 0.244. The second kappa shape index (κ2) is 0.835. The molecule has 0 amide bonds. The van der Waals surface area contributed by atoms with Crippen molar-refractivity contribution in [1.82, 2.24) is 0 Å². The molecule has 0 spiro atoms. The number of fused-ring (bicyclic) bond motifs is 1. The SMILES string of the molecule is CC1C2=CCC1=C2. The molecular formula is C7H8. The number of hydrogen-bond acceptors (Lipinski definition) is 0. The minimum atomic E-state index is 0.833. The third-order valence-corrected chi connectivity index (χ3v) is 1.98. The first-order valence-electron chi connectivity index (χ1n) is 2.78. The summed E-state index contributed by atoms with van der Waals surface area (Å²) in [6.07, 6.45) is 5.86. The first-order chi connectivity index (χ1) is 3.38. The lowest BCUT2D eigenvalue weighted by Crippen LogP contribution is -2.03. The molecule has 36 valence electrons. The van der Waals surface area contributed by atoms with E-state index in [1.54, 1.807) is 11.1 Å². The van der Waals surface area contributed by atoms with Gasteiger partial charge in [-0.15, -0.1) is 0 Å². The van der Waals surface area contributed by atoms with Gasteiger partial charge in [-0.3, -0.25) is 0 Å². The van der Waals surface area contributed by atoms with Crippen molar-refractivity contribution in [3.63, 3.8) is 0 Å². The van der Waals surface area contributed by atoms with Gasteiger partial charge >= 0.3 is 0 Å². The first kappa shape index (κ1) is 3.48. The maximum Gasteiger partial charge on any atom is 0.00230 e. The molecule has 0 aromatic heterocycles. The van der Waals surface area contributed by atoms with E-state index in [-0.39, 0.29) is 0 Å². The molecule has 3 rings (SSSR count). The Kier molecular flexibility index (Phi) is 0.415. The molecule has 0 heteroatoms. The predicted octanol–water partition coefficient (Wildman–Crippen LogP) is 1.89. The van der Waals surface area contributed by atoms with Gasteiger partial charge in [-0.05, 0) is 12.0 Å². The smallest absolute Gasteiger partial charge is 0.00230 e. The van der Waals surface area contributed by atoms with E-state index in [1.165, 1.54) is 6.42 Å². The van der Waals surface area contributed by atoms with Gasteiger partial charge in [0.2, 0.25) is 0 Å². The summed E-state index contributed by atoms with van der Waals surface area (Å²) in [5.74, 6) is 0.833. The highest BCUT2D eigenvalue weighted by Crippen LogP contribution is 2.41. The van der Waals surface area contributed by atoms with E-state index in [0.29, 0.717) is 0 Å². The molecule has 0 aromatic rings. The second-order valence-corrected chi connectivity index (χ2v) is 2.35. The van der Waals surface area contributed by atoms with E-state index in [2.05, 4.69) is 19.1 Å². The Labute approximate surface area is 43.5 Å². The molecule has 0 radical (unpaired) electrons. The van der Waals surface area contributed by atoms with Gasteiger partial charge in [-0.25, -0.2) is 0 Å². The van der Waals surface area contributed by atoms with Crippen LogP contribution in [0.1, 0.15) is 13.3 Å². The van der Waals surface area contributed by atoms with Crippen LogP contribution in [0.25, 0.3) is 0 Å². The molecule has 7 heavy (non-hydrogen) atoms. The Bertz CT molecular complexity index is 161. The molecular weight excluding hydrogens is 84.1 g/mol. The van der Waals surface area contributed by atoms with Crippen LogP contribution in [-0.2, 0) is 0 Å². The lowest BCUT2D eigenvalue weighted by atomic mass is 9.88. The molecule has 3 aliphatic rings. The van der Waals surface area contributed by atoms with E-state index < -0.39 is 0 Å². The lowest BCUT2D eigenvalue weighted by Gasteiger charge is -2.17. The van der Waals surface area contributed by atoms with Gasteiger partial charge in [0.1, 0.15) is 0 Å². The van der Waals surface area contributed by atoms with Crippen LogP contribution in [-0.4, -0.2) is 0 Å². The van der Waals surface area contributed by atoms with Crippen LogP contribution in [0.2, 0.25) is 0 Å². The summed E-state index contributed by atoms with van der Waals surface area (Å²) in [6, 6.07) is 0. The summed E-state index contributed by atoms with van der Waals surface area (Å²) < 4.78 is 0. The summed E-state index contributed by atoms with van der Waals surface area (Å²) in [4.78, 5) is 0. The Morgan fingerprint density at radius 2 is 2.57 bits per heavy atom. The molecule has 1 atom stereocenters. The molecule has 0 fully saturated rings. The topological polar surface area (TPSA) is 0 Å². The van der Waals surface area contributed by atoms with Crippen LogP contribution in [0.3, 0.4) is 0 Å². The Morgan fingerprint density at radius 1 is 1.71 bits per heavy atom. The highest BCUT2D eigenvalue weighted by atomic mass is 14.3. The molecule has 0 heterocycles. The van der Waals surface area contributed by atoms with E-state index in [9.17, 15) is 0 Å². The summed E-state index contributed by atoms with van der Waals surface area (Å²) >= 11 is 0. The fourth-order valence-electron chi connectivity index (χ4n) is 1.29. The quantitative estimate of drug-likeness (QED) is 0.428. The zero-order valence-electron chi connectivity index (χ0n) is 4.44. The van der Waals surface area contributed by atoms with Gasteiger partial charge in [0.05, 0.1) is 0 Å². The van der Waals surface area contributed by atoms with Gasteiger partial charge in [0.25, 0.3) is 0 Å². The molecule has 0 aliphatic heterocycles. The molecule has 0 saturated carbocycles. The molecule has 0 aromatic carbocycles.